The van der Waals surface area contributed by atoms with Crippen molar-refractivity contribution < 1.29 is 38.7 Å². The number of aliphatic hydroxyl groups is 2. The summed E-state index contributed by atoms with van der Waals surface area (Å²) in [5.41, 5.74) is -2.42. The fraction of sp³-hybridized carbons (Fsp3) is 0.355. The minimum Gasteiger partial charge on any atom is -0.497 e. The van der Waals surface area contributed by atoms with Crippen LogP contribution < -0.4 is 18.9 Å². The largest absolute Gasteiger partial charge is 0.497 e. The summed E-state index contributed by atoms with van der Waals surface area (Å²) >= 11 is 0. The third-order valence-corrected chi connectivity index (χ3v) is 7.90. The molecule has 0 bridgehead atoms. The molecule has 1 aliphatic heterocycles. The number of benzene rings is 3. The molecule has 2 N–H and O–H groups in total. The molecule has 40 heavy (non-hydrogen) atoms. The first-order chi connectivity index (χ1) is 19.4. The number of unbranched alkanes of at least 4 members (excludes halogenated alkanes) is 1. The number of carbonyl (C=O) groups excluding carboxylic acids is 1. The fourth-order valence-corrected chi connectivity index (χ4v) is 6.21. The second-order valence-electron chi connectivity index (χ2n) is 9.82. The molecule has 0 amide bonds. The van der Waals surface area contributed by atoms with Crippen LogP contribution in [0, 0.1) is 17.2 Å². The Morgan fingerprint density at radius 3 is 2.38 bits per heavy atom. The molecule has 5 rings (SSSR count). The second-order valence-corrected chi connectivity index (χ2v) is 9.82. The second kappa shape index (κ2) is 10.7. The molecular weight excluding hydrogens is 514 g/mol. The van der Waals surface area contributed by atoms with Crippen molar-refractivity contribution in [2.75, 3.05) is 27.9 Å². The molecule has 3 aromatic carbocycles. The van der Waals surface area contributed by atoms with Crippen LogP contribution in [0.5, 0.6) is 23.0 Å². The molecule has 2 aliphatic rings. The molecule has 3 aromatic rings. The summed E-state index contributed by atoms with van der Waals surface area (Å²) in [6, 6.07) is 21.5. The Morgan fingerprint density at radius 2 is 1.75 bits per heavy atom. The SMILES string of the molecule is COC(=O)[C@H]1[C@@H](O)[C@@]2(O)c3c(OC)cc(OCCCC#N)cc3O[C@@]2(c2ccc(OC)cc2)[C@@H]1c1ccccc1. The van der Waals surface area contributed by atoms with Crippen molar-refractivity contribution >= 4 is 5.97 Å². The third-order valence-electron chi connectivity index (χ3n) is 7.90. The zero-order valence-electron chi connectivity index (χ0n) is 22.5. The van der Waals surface area contributed by atoms with E-state index in [1.807, 2.05) is 30.3 Å². The standard InChI is InChI=1S/C31H31NO8/c1-36-21-13-11-20(12-14-21)31-26(19-9-5-4-6-10-19)25(29(34)38-3)28(33)30(31,35)27-23(37-2)17-22(18-24(27)40-31)39-16-8-7-15-32/h4-6,9-14,17-18,25-26,28,33,35H,7-8,16H2,1-3H3/t25-,26-,28-,30+,31+/m1/s1. The predicted molar refractivity (Wildman–Crippen MR) is 143 cm³/mol. The summed E-state index contributed by atoms with van der Waals surface area (Å²) in [5, 5.41) is 33.6. The lowest BCUT2D eigenvalue weighted by Crippen LogP contribution is -2.52. The van der Waals surface area contributed by atoms with E-state index < -0.39 is 35.1 Å². The van der Waals surface area contributed by atoms with Crippen molar-refractivity contribution in [3.8, 4) is 29.1 Å². The Bertz CT molecular complexity index is 1420. The molecule has 208 valence electrons. The summed E-state index contributed by atoms with van der Waals surface area (Å²) in [7, 11) is 4.24. The van der Waals surface area contributed by atoms with E-state index in [9.17, 15) is 15.0 Å². The van der Waals surface area contributed by atoms with E-state index in [-0.39, 0.29) is 17.1 Å². The minimum absolute atomic E-state index is 0.204. The number of hydrogen-bond acceptors (Lipinski definition) is 9. The van der Waals surface area contributed by atoms with Gasteiger partial charge in [-0.1, -0.05) is 42.5 Å². The Hall–Kier alpha value is -4.26. The number of methoxy groups -OCH3 is 3. The highest BCUT2D eigenvalue weighted by molar-refractivity contribution is 5.78. The lowest BCUT2D eigenvalue weighted by molar-refractivity contribution is -0.161. The quantitative estimate of drug-likeness (QED) is 0.305. The first-order valence-corrected chi connectivity index (χ1v) is 13.0. The van der Waals surface area contributed by atoms with E-state index in [1.165, 1.54) is 14.2 Å². The van der Waals surface area contributed by atoms with Crippen molar-refractivity contribution in [1.82, 2.24) is 0 Å². The van der Waals surface area contributed by atoms with Gasteiger partial charge in [0.1, 0.15) is 29.1 Å². The van der Waals surface area contributed by atoms with Crippen LogP contribution in [-0.2, 0) is 20.7 Å². The van der Waals surface area contributed by atoms with Gasteiger partial charge in [-0.25, -0.2) is 0 Å². The predicted octanol–water partition coefficient (Wildman–Crippen LogP) is 3.81. The molecule has 1 heterocycles. The molecule has 0 spiro atoms. The molecule has 0 unspecified atom stereocenters. The molecule has 5 atom stereocenters. The van der Waals surface area contributed by atoms with Gasteiger partial charge in [0, 0.05) is 24.5 Å². The lowest BCUT2D eigenvalue weighted by Gasteiger charge is -2.40. The number of nitriles is 1. The van der Waals surface area contributed by atoms with Crippen LogP contribution in [-0.4, -0.2) is 50.2 Å². The molecule has 1 aliphatic carbocycles. The number of hydrogen-bond donors (Lipinski definition) is 2. The van der Waals surface area contributed by atoms with Gasteiger partial charge in [-0.3, -0.25) is 4.79 Å². The number of rotatable bonds is 9. The van der Waals surface area contributed by atoms with Gasteiger partial charge in [-0.15, -0.1) is 0 Å². The van der Waals surface area contributed by atoms with Crippen molar-refractivity contribution in [1.29, 1.82) is 5.26 Å². The fourth-order valence-electron chi connectivity index (χ4n) is 6.21. The molecule has 9 nitrogen and oxygen atoms in total. The maximum absolute atomic E-state index is 13.3. The van der Waals surface area contributed by atoms with E-state index in [4.69, 9.17) is 28.9 Å². The zero-order chi connectivity index (χ0) is 28.5. The van der Waals surface area contributed by atoms with Crippen molar-refractivity contribution in [2.45, 2.75) is 36.1 Å². The Labute approximate surface area is 232 Å². The Kier molecular flexibility index (Phi) is 7.32. The van der Waals surface area contributed by atoms with Gasteiger partial charge in [0.2, 0.25) is 0 Å². The molecule has 9 heteroatoms. The average Bonchev–Trinajstić information content (AvgIpc) is 3.37. The highest BCUT2D eigenvalue weighted by atomic mass is 16.6. The monoisotopic (exact) mass is 545 g/mol. The number of ether oxygens (including phenoxy) is 5. The summed E-state index contributed by atoms with van der Waals surface area (Å²) in [6.45, 7) is 0.295. The summed E-state index contributed by atoms with van der Waals surface area (Å²) in [5.74, 6) is -1.26. The zero-order valence-corrected chi connectivity index (χ0v) is 22.5. The minimum atomic E-state index is -2.14. The van der Waals surface area contributed by atoms with Crippen LogP contribution in [0.25, 0.3) is 0 Å². The smallest absolute Gasteiger partial charge is 0.312 e. The van der Waals surface area contributed by atoms with Gasteiger partial charge in [0.25, 0.3) is 0 Å². The molecular formula is C31H31NO8. The first kappa shape index (κ1) is 27.3. The van der Waals surface area contributed by atoms with Crippen molar-refractivity contribution in [3.63, 3.8) is 0 Å². The number of nitrogens with zero attached hydrogens (tertiary/aromatic N) is 1. The van der Waals surface area contributed by atoms with Crippen molar-refractivity contribution in [2.24, 2.45) is 5.92 Å². The van der Waals surface area contributed by atoms with E-state index in [0.717, 1.165) is 0 Å². The highest BCUT2D eigenvalue weighted by Crippen LogP contribution is 2.70. The van der Waals surface area contributed by atoms with E-state index in [0.29, 0.717) is 42.1 Å². The number of esters is 1. The normalized spacial score (nSPS) is 26.1. The van der Waals surface area contributed by atoms with E-state index >= 15 is 0 Å². The van der Waals surface area contributed by atoms with Gasteiger partial charge >= 0.3 is 5.97 Å². The number of aliphatic hydroxyl groups excluding tert-OH is 1. The third kappa shape index (κ3) is 3.95. The summed E-state index contributed by atoms with van der Waals surface area (Å²) in [4.78, 5) is 13.3. The maximum atomic E-state index is 13.3. The van der Waals surface area contributed by atoms with Gasteiger partial charge < -0.3 is 33.9 Å². The van der Waals surface area contributed by atoms with Gasteiger partial charge in [0.15, 0.2) is 11.2 Å². The van der Waals surface area contributed by atoms with Crippen LogP contribution >= 0.6 is 0 Å². The van der Waals surface area contributed by atoms with Crippen LogP contribution in [0.15, 0.2) is 66.7 Å². The van der Waals surface area contributed by atoms with Crippen LogP contribution in [0.3, 0.4) is 0 Å². The van der Waals surface area contributed by atoms with Crippen LogP contribution in [0.2, 0.25) is 0 Å². The van der Waals surface area contributed by atoms with Crippen LogP contribution in [0.1, 0.15) is 35.4 Å². The van der Waals surface area contributed by atoms with Gasteiger partial charge in [0.05, 0.1) is 45.5 Å². The number of fused-ring (bicyclic) bond motifs is 3. The molecule has 1 saturated carbocycles. The summed E-state index contributed by atoms with van der Waals surface area (Å²) in [6.07, 6.45) is -0.755. The molecule has 0 radical (unpaired) electrons. The average molecular weight is 546 g/mol. The maximum Gasteiger partial charge on any atom is 0.312 e. The van der Waals surface area contributed by atoms with Gasteiger partial charge in [-0.05, 0) is 29.7 Å². The highest BCUT2D eigenvalue weighted by Gasteiger charge is 2.78. The van der Waals surface area contributed by atoms with Crippen LogP contribution in [0.4, 0.5) is 0 Å². The molecule has 1 fully saturated rings. The van der Waals surface area contributed by atoms with Gasteiger partial charge in [-0.2, -0.15) is 5.26 Å². The Balaban J connectivity index is 1.77. The van der Waals surface area contributed by atoms with E-state index in [2.05, 4.69) is 6.07 Å². The molecule has 0 aromatic heterocycles. The molecule has 0 saturated heterocycles. The number of carbonyl (C=O) groups is 1. The Morgan fingerprint density at radius 1 is 1.02 bits per heavy atom. The lowest BCUT2D eigenvalue weighted by atomic mass is 9.70. The van der Waals surface area contributed by atoms with Crippen molar-refractivity contribution in [3.05, 3.63) is 83.4 Å². The summed E-state index contributed by atoms with van der Waals surface area (Å²) < 4.78 is 28.9. The first-order valence-electron chi connectivity index (χ1n) is 13.0. The topological polar surface area (TPSA) is 127 Å². The van der Waals surface area contributed by atoms with E-state index in [1.54, 1.807) is 43.5 Å².